The summed E-state index contributed by atoms with van der Waals surface area (Å²) in [6.07, 6.45) is 0. The van der Waals surface area contributed by atoms with Gasteiger partial charge in [-0.2, -0.15) is 0 Å². The summed E-state index contributed by atoms with van der Waals surface area (Å²) in [4.78, 5) is 35.4. The molecule has 27 heavy (non-hydrogen) atoms. The van der Waals surface area contributed by atoms with Crippen molar-refractivity contribution in [2.24, 2.45) is 0 Å². The van der Waals surface area contributed by atoms with Gasteiger partial charge in [-0.05, 0) is 78.4 Å². The number of hydrazine groups is 1. The molecule has 0 unspecified atom stereocenters. The Morgan fingerprint density at radius 3 is 2.30 bits per heavy atom. The molecule has 0 atom stereocenters. The van der Waals surface area contributed by atoms with E-state index in [0.717, 1.165) is 9.13 Å². The zero-order chi connectivity index (χ0) is 19.8. The summed E-state index contributed by atoms with van der Waals surface area (Å²) in [6, 6.07) is 11.5. The minimum atomic E-state index is -0.514. The predicted octanol–water partition coefficient (Wildman–Crippen LogP) is 2.62. The monoisotopic (exact) mass is 482 g/mol. The molecule has 0 saturated carbocycles. The van der Waals surface area contributed by atoms with Crippen LogP contribution in [0.15, 0.2) is 42.5 Å². The summed E-state index contributed by atoms with van der Waals surface area (Å²) in [7, 11) is 0. The first kappa shape index (κ1) is 20.7. The van der Waals surface area contributed by atoms with Crippen LogP contribution < -0.4 is 15.6 Å². The summed E-state index contributed by atoms with van der Waals surface area (Å²) in [5.41, 5.74) is 6.54. The lowest BCUT2D eigenvalue weighted by molar-refractivity contribution is -0.123. The molecule has 2 N–H and O–H groups in total. The van der Waals surface area contributed by atoms with Crippen molar-refractivity contribution in [3.8, 4) is 5.75 Å². The molecule has 2 aromatic rings. The molecule has 0 aliphatic carbocycles. The number of halogens is 1. The Hall–Kier alpha value is -2.62. The number of nitrogens with one attached hydrogen (secondary N) is 2. The van der Waals surface area contributed by atoms with Crippen LogP contribution in [0.25, 0.3) is 0 Å². The van der Waals surface area contributed by atoms with E-state index in [1.165, 1.54) is 0 Å². The van der Waals surface area contributed by atoms with Gasteiger partial charge < -0.3 is 9.47 Å². The number of esters is 1. The second-order valence-corrected chi connectivity index (χ2v) is 6.66. The number of ether oxygens (including phenoxy) is 2. The van der Waals surface area contributed by atoms with E-state index in [1.807, 2.05) is 13.0 Å². The highest BCUT2D eigenvalue weighted by Crippen LogP contribution is 2.14. The van der Waals surface area contributed by atoms with E-state index in [1.54, 1.807) is 43.3 Å². The molecule has 2 aromatic carbocycles. The van der Waals surface area contributed by atoms with Crippen molar-refractivity contribution in [2.75, 3.05) is 13.2 Å². The number of amides is 2. The summed E-state index contributed by atoms with van der Waals surface area (Å²) in [5.74, 6) is -0.937. The Morgan fingerprint density at radius 1 is 1.00 bits per heavy atom. The highest BCUT2D eigenvalue weighted by atomic mass is 127. The van der Waals surface area contributed by atoms with E-state index in [0.29, 0.717) is 23.5 Å². The van der Waals surface area contributed by atoms with Gasteiger partial charge in [0.2, 0.25) is 0 Å². The topological polar surface area (TPSA) is 93.7 Å². The fourth-order valence-electron chi connectivity index (χ4n) is 2.02. The van der Waals surface area contributed by atoms with Crippen molar-refractivity contribution in [3.63, 3.8) is 0 Å². The summed E-state index contributed by atoms with van der Waals surface area (Å²) in [6.45, 7) is 3.68. The van der Waals surface area contributed by atoms with Crippen molar-refractivity contribution < 1.29 is 23.9 Å². The second-order valence-electron chi connectivity index (χ2n) is 5.50. The van der Waals surface area contributed by atoms with Gasteiger partial charge >= 0.3 is 5.97 Å². The minimum absolute atomic E-state index is 0.287. The van der Waals surface area contributed by atoms with E-state index in [9.17, 15) is 14.4 Å². The largest absolute Gasteiger partial charge is 0.484 e. The Balaban J connectivity index is 1.79. The standard InChI is InChI=1S/C19H19IN2O5/c1-3-26-19(25)13-6-8-15(9-7-13)27-11-17(23)21-22-18(24)14-5-4-12(2)16(20)10-14/h4-10H,3,11H2,1-2H3,(H,21,23)(H,22,24). The quantitative estimate of drug-likeness (QED) is 0.375. The molecular formula is C19H19IN2O5. The highest BCUT2D eigenvalue weighted by Gasteiger charge is 2.10. The Morgan fingerprint density at radius 2 is 1.67 bits per heavy atom. The van der Waals surface area contributed by atoms with Crippen molar-refractivity contribution in [3.05, 3.63) is 62.7 Å². The first-order chi connectivity index (χ1) is 12.9. The fraction of sp³-hybridized carbons (Fsp3) is 0.211. The van der Waals surface area contributed by atoms with Crippen LogP contribution >= 0.6 is 22.6 Å². The van der Waals surface area contributed by atoms with Gasteiger partial charge in [-0.15, -0.1) is 0 Å². The molecule has 0 radical (unpaired) electrons. The molecule has 0 aliphatic rings. The van der Waals surface area contributed by atoms with E-state index in [4.69, 9.17) is 9.47 Å². The fourth-order valence-corrected chi connectivity index (χ4v) is 2.53. The second kappa shape index (κ2) is 9.91. The molecule has 2 rings (SSSR count). The maximum absolute atomic E-state index is 12.0. The van der Waals surface area contributed by atoms with E-state index in [-0.39, 0.29) is 6.61 Å². The summed E-state index contributed by atoms with van der Waals surface area (Å²) < 4.78 is 11.2. The third kappa shape index (κ3) is 6.24. The maximum Gasteiger partial charge on any atom is 0.338 e. The van der Waals surface area contributed by atoms with Gasteiger partial charge in [-0.25, -0.2) is 4.79 Å². The lowest BCUT2D eigenvalue weighted by atomic mass is 10.1. The van der Waals surface area contributed by atoms with Crippen LogP contribution in [0.3, 0.4) is 0 Å². The summed E-state index contributed by atoms with van der Waals surface area (Å²) >= 11 is 2.14. The lowest BCUT2D eigenvalue weighted by Gasteiger charge is -2.10. The van der Waals surface area contributed by atoms with E-state index in [2.05, 4.69) is 33.4 Å². The number of carbonyl (C=O) groups excluding carboxylic acids is 3. The van der Waals surface area contributed by atoms with Gasteiger partial charge in [0.05, 0.1) is 12.2 Å². The van der Waals surface area contributed by atoms with Gasteiger partial charge in [0.25, 0.3) is 11.8 Å². The predicted molar refractivity (Wildman–Crippen MR) is 107 cm³/mol. The SMILES string of the molecule is CCOC(=O)c1ccc(OCC(=O)NNC(=O)c2ccc(C)c(I)c2)cc1. The van der Waals surface area contributed by atoms with Crippen molar-refractivity contribution in [1.82, 2.24) is 10.9 Å². The van der Waals surface area contributed by atoms with Gasteiger partial charge in [0.15, 0.2) is 6.61 Å². The van der Waals surface area contributed by atoms with Crippen LogP contribution in [0, 0.1) is 10.5 Å². The number of hydrogen-bond acceptors (Lipinski definition) is 5. The molecule has 7 nitrogen and oxygen atoms in total. The highest BCUT2D eigenvalue weighted by molar-refractivity contribution is 14.1. The number of hydrogen-bond donors (Lipinski definition) is 2. The zero-order valence-electron chi connectivity index (χ0n) is 14.9. The normalized spacial score (nSPS) is 10.0. The zero-order valence-corrected chi connectivity index (χ0v) is 17.0. The van der Waals surface area contributed by atoms with Crippen LogP contribution in [0.2, 0.25) is 0 Å². The molecule has 0 heterocycles. The van der Waals surface area contributed by atoms with E-state index >= 15 is 0 Å². The molecule has 0 fully saturated rings. The Labute approximate surface area is 170 Å². The first-order valence-corrected chi connectivity index (χ1v) is 9.24. The Kier molecular flexibility index (Phi) is 7.59. The van der Waals surface area contributed by atoms with Crippen LogP contribution in [0.1, 0.15) is 33.2 Å². The van der Waals surface area contributed by atoms with Crippen LogP contribution in [-0.4, -0.2) is 31.0 Å². The van der Waals surface area contributed by atoms with Crippen molar-refractivity contribution >= 4 is 40.4 Å². The van der Waals surface area contributed by atoms with Crippen molar-refractivity contribution in [1.29, 1.82) is 0 Å². The molecule has 0 saturated heterocycles. The van der Waals surface area contributed by atoms with E-state index < -0.39 is 17.8 Å². The maximum atomic E-state index is 12.0. The first-order valence-electron chi connectivity index (χ1n) is 8.16. The molecule has 0 spiro atoms. The van der Waals surface area contributed by atoms with Gasteiger partial charge in [0.1, 0.15) is 5.75 Å². The molecule has 0 bridgehead atoms. The molecule has 0 aromatic heterocycles. The molecular weight excluding hydrogens is 463 g/mol. The molecule has 0 aliphatic heterocycles. The van der Waals surface area contributed by atoms with Crippen LogP contribution in [0.5, 0.6) is 5.75 Å². The number of carbonyl (C=O) groups is 3. The number of benzene rings is 2. The average Bonchev–Trinajstić information content (AvgIpc) is 2.67. The molecule has 142 valence electrons. The van der Waals surface area contributed by atoms with Gasteiger partial charge in [0, 0.05) is 9.13 Å². The molecule has 2 amide bonds. The average molecular weight is 482 g/mol. The summed E-state index contributed by atoms with van der Waals surface area (Å²) in [5, 5.41) is 0. The lowest BCUT2D eigenvalue weighted by Crippen LogP contribution is -2.43. The number of rotatable bonds is 6. The van der Waals surface area contributed by atoms with Gasteiger partial charge in [-0.1, -0.05) is 6.07 Å². The third-order valence-electron chi connectivity index (χ3n) is 3.48. The third-order valence-corrected chi connectivity index (χ3v) is 4.65. The Bertz CT molecular complexity index is 836. The smallest absolute Gasteiger partial charge is 0.338 e. The van der Waals surface area contributed by atoms with Crippen molar-refractivity contribution in [2.45, 2.75) is 13.8 Å². The van der Waals surface area contributed by atoms with Gasteiger partial charge in [-0.3, -0.25) is 20.4 Å². The minimum Gasteiger partial charge on any atom is -0.484 e. The van der Waals surface area contributed by atoms with Crippen LogP contribution in [0.4, 0.5) is 0 Å². The molecule has 8 heteroatoms. The number of aryl methyl sites for hydroxylation is 1. The van der Waals surface area contributed by atoms with Crippen LogP contribution in [-0.2, 0) is 9.53 Å².